The quantitative estimate of drug-likeness (QED) is 0.146. The second-order valence-electron chi connectivity index (χ2n) is 9.26. The average molecular weight is 501 g/mol. The van der Waals surface area contributed by atoms with Crippen molar-refractivity contribution in [1.29, 1.82) is 0 Å². The van der Waals surface area contributed by atoms with Crippen LogP contribution in [0.4, 0.5) is 0 Å². The van der Waals surface area contributed by atoms with Gasteiger partial charge in [-0.1, -0.05) is 36.4 Å². The van der Waals surface area contributed by atoms with Gasteiger partial charge in [-0.15, -0.1) is 11.3 Å². The highest BCUT2D eigenvalue weighted by atomic mass is 32.1. The number of carbonyl (C=O) groups excluding carboxylic acids is 2. The largest absolute Gasteiger partial charge is 0.497 e. The van der Waals surface area contributed by atoms with E-state index < -0.39 is 11.6 Å². The molecule has 4 aromatic rings. The van der Waals surface area contributed by atoms with Crippen molar-refractivity contribution in [3.8, 4) is 27.7 Å². The molecule has 1 heterocycles. The number of ketones is 1. The van der Waals surface area contributed by atoms with Crippen LogP contribution in [0.5, 0.6) is 17.2 Å². The predicted octanol–water partition coefficient (Wildman–Crippen LogP) is 7.93. The zero-order valence-corrected chi connectivity index (χ0v) is 21.8. The number of fused-ring (bicyclic) bond motifs is 1. The highest BCUT2D eigenvalue weighted by Gasteiger charge is 2.20. The fourth-order valence-electron chi connectivity index (χ4n) is 3.71. The molecular weight excluding hydrogens is 472 g/mol. The van der Waals surface area contributed by atoms with E-state index in [0.29, 0.717) is 17.1 Å². The van der Waals surface area contributed by atoms with E-state index in [0.717, 1.165) is 31.8 Å². The normalized spacial score (nSPS) is 11.6. The molecule has 0 bridgehead atoms. The summed E-state index contributed by atoms with van der Waals surface area (Å²) >= 11 is 1.56. The molecule has 0 unspecified atom stereocenters. The Labute approximate surface area is 214 Å². The number of ether oxygens (including phenoxy) is 3. The summed E-state index contributed by atoms with van der Waals surface area (Å²) in [6.07, 6.45) is 3.12. The Morgan fingerprint density at radius 2 is 1.61 bits per heavy atom. The first-order chi connectivity index (χ1) is 17.1. The van der Waals surface area contributed by atoms with Crippen molar-refractivity contribution in [3.63, 3.8) is 0 Å². The van der Waals surface area contributed by atoms with Gasteiger partial charge < -0.3 is 14.2 Å². The van der Waals surface area contributed by atoms with Gasteiger partial charge in [0, 0.05) is 27.3 Å². The highest BCUT2D eigenvalue weighted by molar-refractivity contribution is 7.22. The highest BCUT2D eigenvalue weighted by Crippen LogP contribution is 2.48. The van der Waals surface area contributed by atoms with Gasteiger partial charge in [0.15, 0.2) is 11.5 Å². The number of esters is 1. The lowest BCUT2D eigenvalue weighted by molar-refractivity contribution is -0.148. The first-order valence-corrected chi connectivity index (χ1v) is 12.4. The van der Waals surface area contributed by atoms with E-state index in [1.807, 2.05) is 87.5 Å². The second-order valence-corrected chi connectivity index (χ2v) is 10.3. The first-order valence-electron chi connectivity index (χ1n) is 11.5. The third-order valence-corrected chi connectivity index (χ3v) is 6.49. The standard InChI is InChI=1S/C30H28O5S/c1-19(31)23-8-6-7-9-24(23)29-28(25-16-15-22(33-5)18-26(25)36-29)34-21-13-10-20(11-14-21)12-17-27(32)35-30(2,3)4/h6-18H,1-5H3/b17-12+. The van der Waals surface area contributed by atoms with Gasteiger partial charge in [-0.05, 0) is 69.7 Å². The summed E-state index contributed by atoms with van der Waals surface area (Å²) in [5.74, 6) is 1.68. The molecule has 1 aromatic heterocycles. The van der Waals surface area contributed by atoms with Crippen LogP contribution in [0, 0.1) is 0 Å². The Kier molecular flexibility index (Phi) is 7.27. The van der Waals surface area contributed by atoms with Crippen LogP contribution >= 0.6 is 11.3 Å². The molecule has 0 fully saturated rings. The Morgan fingerprint density at radius 1 is 0.917 bits per heavy atom. The third-order valence-electron chi connectivity index (χ3n) is 5.32. The molecule has 0 N–H and O–H groups in total. The van der Waals surface area contributed by atoms with Gasteiger partial charge in [0.2, 0.25) is 0 Å². The summed E-state index contributed by atoms with van der Waals surface area (Å²) in [4.78, 5) is 25.2. The molecule has 5 nitrogen and oxygen atoms in total. The van der Waals surface area contributed by atoms with Gasteiger partial charge >= 0.3 is 5.97 Å². The maximum Gasteiger partial charge on any atom is 0.331 e. The first kappa shape index (κ1) is 25.2. The Hall–Kier alpha value is -3.90. The van der Waals surface area contributed by atoms with E-state index in [9.17, 15) is 9.59 Å². The lowest BCUT2D eigenvalue weighted by Gasteiger charge is -2.17. The van der Waals surface area contributed by atoms with Crippen LogP contribution in [0.25, 0.3) is 26.6 Å². The van der Waals surface area contributed by atoms with E-state index in [1.165, 1.54) is 6.08 Å². The summed E-state index contributed by atoms with van der Waals surface area (Å²) in [5, 5.41) is 0.933. The molecule has 0 aliphatic heterocycles. The SMILES string of the molecule is COc1ccc2c(Oc3ccc(/C=C/C(=O)OC(C)(C)C)cc3)c(-c3ccccc3C(C)=O)sc2c1. The minimum absolute atomic E-state index is 0.00675. The number of hydrogen-bond donors (Lipinski definition) is 0. The van der Waals surface area contributed by atoms with Crippen LogP contribution in [-0.2, 0) is 9.53 Å². The maximum atomic E-state index is 12.4. The average Bonchev–Trinajstić information content (AvgIpc) is 3.19. The van der Waals surface area contributed by atoms with Crippen molar-refractivity contribution in [2.45, 2.75) is 33.3 Å². The summed E-state index contributed by atoms with van der Waals surface area (Å²) < 4.78 is 18.1. The number of hydrogen-bond acceptors (Lipinski definition) is 6. The Balaban J connectivity index is 1.69. The predicted molar refractivity (Wildman–Crippen MR) is 145 cm³/mol. The summed E-state index contributed by atoms with van der Waals surface area (Å²) in [5.41, 5.74) is 1.78. The van der Waals surface area contributed by atoms with Crippen LogP contribution in [0.15, 0.2) is 72.8 Å². The number of carbonyl (C=O) groups is 2. The minimum Gasteiger partial charge on any atom is -0.497 e. The zero-order chi connectivity index (χ0) is 25.9. The van der Waals surface area contributed by atoms with Crippen LogP contribution in [0.2, 0.25) is 0 Å². The molecule has 6 heteroatoms. The molecular formula is C30H28O5S. The molecule has 36 heavy (non-hydrogen) atoms. The van der Waals surface area contributed by atoms with Gasteiger partial charge in [-0.25, -0.2) is 4.79 Å². The Morgan fingerprint density at radius 3 is 2.28 bits per heavy atom. The minimum atomic E-state index is -0.537. The van der Waals surface area contributed by atoms with E-state index in [-0.39, 0.29) is 5.78 Å². The fourth-order valence-corrected chi connectivity index (χ4v) is 4.91. The van der Waals surface area contributed by atoms with Crippen LogP contribution in [-0.4, -0.2) is 24.5 Å². The second kappa shape index (κ2) is 10.4. The zero-order valence-electron chi connectivity index (χ0n) is 21.0. The third kappa shape index (κ3) is 5.83. The lowest BCUT2D eigenvalue weighted by Crippen LogP contribution is -2.22. The van der Waals surface area contributed by atoms with Gasteiger partial charge in [0.25, 0.3) is 0 Å². The van der Waals surface area contributed by atoms with Gasteiger partial charge in [-0.2, -0.15) is 0 Å². The molecule has 0 saturated heterocycles. The molecule has 0 radical (unpaired) electrons. The molecule has 3 aromatic carbocycles. The van der Waals surface area contributed by atoms with Crippen LogP contribution in [0.1, 0.15) is 43.6 Å². The number of methoxy groups -OCH3 is 1. The van der Waals surface area contributed by atoms with E-state index in [2.05, 4.69) is 0 Å². The number of benzene rings is 3. The summed E-state index contributed by atoms with van der Waals surface area (Å²) in [6.45, 7) is 7.06. The fraction of sp³-hybridized carbons (Fsp3) is 0.200. The molecule has 4 rings (SSSR count). The van der Waals surface area contributed by atoms with E-state index in [1.54, 1.807) is 31.4 Å². The van der Waals surface area contributed by atoms with Crippen LogP contribution in [0.3, 0.4) is 0 Å². The number of Topliss-reactive ketones (excluding diaryl/α,β-unsaturated/α-hetero) is 1. The molecule has 0 spiro atoms. The smallest absolute Gasteiger partial charge is 0.331 e. The van der Waals surface area contributed by atoms with Crippen LogP contribution < -0.4 is 9.47 Å². The van der Waals surface area contributed by atoms with Crippen molar-refractivity contribution >= 4 is 39.3 Å². The van der Waals surface area contributed by atoms with E-state index >= 15 is 0 Å². The van der Waals surface area contributed by atoms with Crippen molar-refractivity contribution in [1.82, 2.24) is 0 Å². The number of rotatable bonds is 7. The number of thiophene rings is 1. The van der Waals surface area contributed by atoms with Crippen molar-refractivity contribution in [3.05, 3.63) is 83.9 Å². The summed E-state index contributed by atoms with van der Waals surface area (Å²) in [6, 6.07) is 20.8. The molecule has 184 valence electrons. The van der Waals surface area contributed by atoms with Crippen molar-refractivity contribution in [2.24, 2.45) is 0 Å². The van der Waals surface area contributed by atoms with Gasteiger partial charge in [0.1, 0.15) is 17.1 Å². The van der Waals surface area contributed by atoms with Gasteiger partial charge in [0.05, 0.1) is 12.0 Å². The molecule has 0 aliphatic rings. The summed E-state index contributed by atoms with van der Waals surface area (Å²) in [7, 11) is 1.64. The van der Waals surface area contributed by atoms with Gasteiger partial charge in [-0.3, -0.25) is 4.79 Å². The monoisotopic (exact) mass is 500 g/mol. The topological polar surface area (TPSA) is 61.8 Å². The Bertz CT molecular complexity index is 1440. The molecule has 0 amide bonds. The van der Waals surface area contributed by atoms with Crippen molar-refractivity contribution < 1.29 is 23.8 Å². The molecule has 0 atom stereocenters. The van der Waals surface area contributed by atoms with E-state index in [4.69, 9.17) is 14.2 Å². The van der Waals surface area contributed by atoms with Crippen molar-refractivity contribution in [2.75, 3.05) is 7.11 Å². The maximum absolute atomic E-state index is 12.4. The molecule has 0 saturated carbocycles. The molecule has 0 aliphatic carbocycles. The lowest BCUT2D eigenvalue weighted by atomic mass is 10.0.